The highest BCUT2D eigenvalue weighted by Gasteiger charge is 2.41. The maximum Gasteiger partial charge on any atom is 0.115 e. The lowest BCUT2D eigenvalue weighted by Gasteiger charge is -2.14. The molecule has 1 fully saturated rings. The molecule has 0 aromatic carbocycles. The fourth-order valence-corrected chi connectivity index (χ4v) is 1.82. The summed E-state index contributed by atoms with van der Waals surface area (Å²) in [6.45, 7) is 2.10. The third-order valence-corrected chi connectivity index (χ3v) is 3.04. The first-order valence-corrected chi connectivity index (χ1v) is 5.40. The van der Waals surface area contributed by atoms with E-state index in [4.69, 9.17) is 5.11 Å². The molecule has 4 nitrogen and oxygen atoms in total. The summed E-state index contributed by atoms with van der Waals surface area (Å²) in [5, 5.41) is 12.3. The maximum atomic E-state index is 8.91. The highest BCUT2D eigenvalue weighted by molar-refractivity contribution is 5.02. The van der Waals surface area contributed by atoms with Gasteiger partial charge in [0.15, 0.2) is 0 Å². The van der Waals surface area contributed by atoms with Crippen molar-refractivity contribution in [1.82, 2.24) is 15.3 Å². The minimum atomic E-state index is 0.302. The second kappa shape index (κ2) is 4.68. The van der Waals surface area contributed by atoms with Crippen LogP contribution in [0.4, 0.5) is 0 Å². The van der Waals surface area contributed by atoms with Crippen LogP contribution in [0.1, 0.15) is 24.8 Å². The first-order chi connectivity index (χ1) is 7.35. The van der Waals surface area contributed by atoms with Crippen molar-refractivity contribution in [2.75, 3.05) is 13.2 Å². The molecule has 2 N–H and O–H groups in total. The van der Waals surface area contributed by atoms with Crippen molar-refractivity contribution in [2.45, 2.75) is 25.8 Å². The molecule has 82 valence electrons. The van der Waals surface area contributed by atoms with E-state index in [1.54, 1.807) is 0 Å². The molecule has 0 bridgehead atoms. The highest BCUT2D eigenvalue weighted by Crippen LogP contribution is 2.47. The van der Waals surface area contributed by atoms with Crippen LogP contribution >= 0.6 is 0 Å². The molecular weight excluding hydrogens is 190 g/mol. The van der Waals surface area contributed by atoms with Crippen LogP contribution in [0.2, 0.25) is 0 Å². The molecule has 15 heavy (non-hydrogen) atoms. The summed E-state index contributed by atoms with van der Waals surface area (Å²) in [4.78, 5) is 7.92. The number of nitrogens with zero attached hydrogens (tertiary/aromatic N) is 2. The van der Waals surface area contributed by atoms with E-state index in [1.807, 2.05) is 12.4 Å². The second-order valence-electron chi connectivity index (χ2n) is 4.32. The van der Waals surface area contributed by atoms with Crippen molar-refractivity contribution in [3.63, 3.8) is 0 Å². The zero-order valence-electron chi connectivity index (χ0n) is 8.82. The zero-order valence-corrected chi connectivity index (χ0v) is 8.82. The van der Waals surface area contributed by atoms with Gasteiger partial charge in [-0.05, 0) is 24.7 Å². The standard InChI is InChI=1S/C11H17N3O/c15-4-3-11(1-2-11)8-12-5-10-6-13-9-14-7-10/h6-7,9,12,15H,1-5,8H2. The van der Waals surface area contributed by atoms with Crippen LogP contribution in [0, 0.1) is 5.41 Å². The number of hydrogen-bond donors (Lipinski definition) is 2. The molecule has 0 spiro atoms. The van der Waals surface area contributed by atoms with Gasteiger partial charge in [0.25, 0.3) is 0 Å². The van der Waals surface area contributed by atoms with Crippen LogP contribution in [0.25, 0.3) is 0 Å². The van der Waals surface area contributed by atoms with Crippen LogP contribution < -0.4 is 5.32 Å². The molecule has 0 atom stereocenters. The lowest BCUT2D eigenvalue weighted by molar-refractivity contribution is 0.245. The predicted molar refractivity (Wildman–Crippen MR) is 57.1 cm³/mol. The third kappa shape index (κ3) is 2.97. The Hall–Kier alpha value is -1.00. The van der Waals surface area contributed by atoms with Crippen molar-refractivity contribution >= 4 is 0 Å². The van der Waals surface area contributed by atoms with Crippen LogP contribution in [-0.4, -0.2) is 28.2 Å². The van der Waals surface area contributed by atoms with E-state index in [2.05, 4.69) is 15.3 Å². The molecule has 1 heterocycles. The Morgan fingerprint density at radius 1 is 1.33 bits per heavy atom. The zero-order chi connectivity index (χ0) is 10.6. The lowest BCUT2D eigenvalue weighted by Crippen LogP contribution is -2.24. The van der Waals surface area contributed by atoms with Crippen LogP contribution in [-0.2, 0) is 6.54 Å². The third-order valence-electron chi connectivity index (χ3n) is 3.04. The van der Waals surface area contributed by atoms with Crippen LogP contribution in [0.5, 0.6) is 0 Å². The monoisotopic (exact) mass is 207 g/mol. The van der Waals surface area contributed by atoms with E-state index in [-0.39, 0.29) is 0 Å². The smallest absolute Gasteiger partial charge is 0.115 e. The first-order valence-electron chi connectivity index (χ1n) is 5.40. The Bertz CT molecular complexity index is 298. The Kier molecular flexibility index (Phi) is 3.28. The minimum Gasteiger partial charge on any atom is -0.396 e. The average Bonchev–Trinajstić information content (AvgIpc) is 3.00. The van der Waals surface area contributed by atoms with Gasteiger partial charge in [-0.25, -0.2) is 9.97 Å². The molecular formula is C11H17N3O. The van der Waals surface area contributed by atoms with Crippen molar-refractivity contribution in [3.05, 3.63) is 24.3 Å². The van der Waals surface area contributed by atoms with Gasteiger partial charge < -0.3 is 10.4 Å². The van der Waals surface area contributed by atoms with Gasteiger partial charge in [-0.15, -0.1) is 0 Å². The van der Waals surface area contributed by atoms with Gasteiger partial charge in [0.05, 0.1) is 0 Å². The molecule has 0 amide bonds. The fourth-order valence-electron chi connectivity index (χ4n) is 1.82. The molecule has 4 heteroatoms. The average molecular weight is 207 g/mol. The Morgan fingerprint density at radius 2 is 2.07 bits per heavy atom. The maximum absolute atomic E-state index is 8.91. The first kappa shape index (κ1) is 10.5. The number of rotatable bonds is 6. The number of aliphatic hydroxyl groups excluding tert-OH is 1. The minimum absolute atomic E-state index is 0.302. The van der Waals surface area contributed by atoms with Crippen LogP contribution in [0.15, 0.2) is 18.7 Å². The van der Waals surface area contributed by atoms with Crippen molar-refractivity contribution in [1.29, 1.82) is 0 Å². The molecule has 2 rings (SSSR count). The molecule has 1 aromatic rings. The second-order valence-corrected chi connectivity index (χ2v) is 4.32. The van der Waals surface area contributed by atoms with Gasteiger partial charge in [-0.1, -0.05) is 0 Å². The van der Waals surface area contributed by atoms with E-state index >= 15 is 0 Å². The summed E-state index contributed by atoms with van der Waals surface area (Å²) in [5.41, 5.74) is 1.49. The number of hydrogen-bond acceptors (Lipinski definition) is 4. The van der Waals surface area contributed by atoms with E-state index < -0.39 is 0 Å². The molecule has 0 saturated heterocycles. The van der Waals surface area contributed by atoms with E-state index in [1.165, 1.54) is 19.2 Å². The van der Waals surface area contributed by atoms with Gasteiger partial charge in [0.1, 0.15) is 6.33 Å². The highest BCUT2D eigenvalue weighted by atomic mass is 16.3. The Morgan fingerprint density at radius 3 is 2.67 bits per heavy atom. The summed E-state index contributed by atoms with van der Waals surface area (Å²) in [6.07, 6.45) is 8.60. The SMILES string of the molecule is OCCC1(CNCc2cncnc2)CC1. The number of aliphatic hydroxyl groups is 1. The van der Waals surface area contributed by atoms with E-state index in [0.717, 1.165) is 25.1 Å². The van der Waals surface area contributed by atoms with E-state index in [0.29, 0.717) is 12.0 Å². The lowest BCUT2D eigenvalue weighted by atomic mass is 10.0. The number of aromatic nitrogens is 2. The van der Waals surface area contributed by atoms with Crippen molar-refractivity contribution in [2.24, 2.45) is 5.41 Å². The van der Waals surface area contributed by atoms with Gasteiger partial charge in [-0.2, -0.15) is 0 Å². The van der Waals surface area contributed by atoms with Gasteiger partial charge >= 0.3 is 0 Å². The van der Waals surface area contributed by atoms with Gasteiger partial charge in [0, 0.05) is 37.7 Å². The fraction of sp³-hybridized carbons (Fsp3) is 0.636. The molecule has 1 aliphatic carbocycles. The van der Waals surface area contributed by atoms with Gasteiger partial charge in [0.2, 0.25) is 0 Å². The number of nitrogens with one attached hydrogen (secondary N) is 1. The summed E-state index contributed by atoms with van der Waals surface area (Å²) in [6, 6.07) is 0. The summed E-state index contributed by atoms with van der Waals surface area (Å²) >= 11 is 0. The summed E-state index contributed by atoms with van der Waals surface area (Å²) < 4.78 is 0. The van der Waals surface area contributed by atoms with E-state index in [9.17, 15) is 0 Å². The molecule has 0 aliphatic heterocycles. The van der Waals surface area contributed by atoms with Gasteiger partial charge in [-0.3, -0.25) is 0 Å². The molecule has 0 radical (unpaired) electrons. The molecule has 0 unspecified atom stereocenters. The molecule has 1 aromatic heterocycles. The van der Waals surface area contributed by atoms with Crippen LogP contribution in [0.3, 0.4) is 0 Å². The normalized spacial score (nSPS) is 17.7. The summed E-state index contributed by atoms with van der Waals surface area (Å²) in [7, 11) is 0. The van der Waals surface area contributed by atoms with Crippen molar-refractivity contribution < 1.29 is 5.11 Å². The molecule has 1 aliphatic rings. The Labute approximate surface area is 89.8 Å². The predicted octanol–water partition coefficient (Wildman–Crippen LogP) is 0.729. The van der Waals surface area contributed by atoms with Crippen molar-refractivity contribution in [3.8, 4) is 0 Å². The topological polar surface area (TPSA) is 58.0 Å². The Balaban J connectivity index is 1.71. The summed E-state index contributed by atoms with van der Waals surface area (Å²) in [5.74, 6) is 0. The quantitative estimate of drug-likeness (QED) is 0.722. The largest absolute Gasteiger partial charge is 0.396 e. The molecule has 1 saturated carbocycles.